The van der Waals surface area contributed by atoms with Crippen molar-refractivity contribution in [2.75, 3.05) is 6.61 Å². The van der Waals surface area contributed by atoms with Crippen LogP contribution in [-0.2, 0) is 21.5 Å². The van der Waals surface area contributed by atoms with Crippen LogP contribution in [0.1, 0.15) is 30.4 Å². The highest BCUT2D eigenvalue weighted by Crippen LogP contribution is 2.48. The fourth-order valence-corrected chi connectivity index (χ4v) is 3.18. The van der Waals surface area contributed by atoms with Crippen LogP contribution in [0.3, 0.4) is 0 Å². The molecule has 1 aromatic carbocycles. The minimum absolute atomic E-state index is 0.156. The molecule has 1 amide bonds. The summed E-state index contributed by atoms with van der Waals surface area (Å²) in [6.45, 7) is 0.424. The Kier molecular flexibility index (Phi) is 3.43. The summed E-state index contributed by atoms with van der Waals surface area (Å²) in [6, 6.07) is 6.42. The number of halogens is 3. The molecule has 1 aromatic rings. The molecule has 1 unspecified atom stereocenters. The van der Waals surface area contributed by atoms with Gasteiger partial charge in [-0.2, -0.15) is 13.2 Å². The normalized spacial score (nSPS) is 28.4. The molecule has 21 heavy (non-hydrogen) atoms. The van der Waals surface area contributed by atoms with Gasteiger partial charge in [-0.05, 0) is 36.8 Å². The van der Waals surface area contributed by atoms with Crippen molar-refractivity contribution in [3.63, 3.8) is 0 Å². The number of benzene rings is 1. The number of carbonyl (C=O) groups is 1. The largest absolute Gasteiger partial charge is 0.415 e. The molecule has 1 fully saturated rings. The number of nitrogens with one attached hydrogen (secondary N) is 1. The molecule has 1 aliphatic carbocycles. The topological polar surface area (TPSA) is 38.3 Å². The lowest BCUT2D eigenvalue weighted by Gasteiger charge is -2.34. The average Bonchev–Trinajstić information content (AvgIpc) is 3.06. The highest BCUT2D eigenvalue weighted by molar-refractivity contribution is 5.82. The van der Waals surface area contributed by atoms with Gasteiger partial charge < -0.3 is 10.1 Å². The van der Waals surface area contributed by atoms with Crippen LogP contribution in [0.4, 0.5) is 13.2 Å². The van der Waals surface area contributed by atoms with Crippen molar-refractivity contribution in [2.24, 2.45) is 0 Å². The third-order valence-electron chi connectivity index (χ3n) is 4.29. The molecule has 1 heterocycles. The van der Waals surface area contributed by atoms with E-state index in [1.54, 1.807) is 18.2 Å². The first-order chi connectivity index (χ1) is 9.94. The second-order valence-electron chi connectivity index (χ2n) is 5.55. The Hall–Kier alpha value is -1.56. The molecular formula is C15H16F3NO2. The standard InChI is InChI=1S/C15H16F3NO2/c16-15(17,18)14(19-13(20)12-6-3-9-21-12)8-7-10-4-1-2-5-11(10)14/h1-2,4-5,12H,3,6-9H2,(H,19,20)/t12-,14?/m0/s1. The van der Waals surface area contributed by atoms with Gasteiger partial charge in [0.25, 0.3) is 0 Å². The van der Waals surface area contributed by atoms with E-state index in [1.165, 1.54) is 6.07 Å². The number of fused-ring (bicyclic) bond motifs is 1. The van der Waals surface area contributed by atoms with Crippen LogP contribution in [-0.4, -0.2) is 24.8 Å². The summed E-state index contributed by atoms with van der Waals surface area (Å²) in [4.78, 5) is 12.1. The van der Waals surface area contributed by atoms with Crippen LogP contribution < -0.4 is 5.32 Å². The highest BCUT2D eigenvalue weighted by Gasteiger charge is 2.60. The number of alkyl halides is 3. The summed E-state index contributed by atoms with van der Waals surface area (Å²) < 4.78 is 46.3. The molecule has 3 nitrogen and oxygen atoms in total. The second-order valence-corrected chi connectivity index (χ2v) is 5.55. The fourth-order valence-electron chi connectivity index (χ4n) is 3.18. The number of hydrogen-bond acceptors (Lipinski definition) is 2. The van der Waals surface area contributed by atoms with Gasteiger partial charge in [0, 0.05) is 6.61 Å². The molecule has 114 valence electrons. The second kappa shape index (κ2) is 5.02. The van der Waals surface area contributed by atoms with E-state index in [2.05, 4.69) is 5.32 Å². The summed E-state index contributed by atoms with van der Waals surface area (Å²) in [6.07, 6.45) is -3.98. The molecule has 0 spiro atoms. The first kappa shape index (κ1) is 14.4. The van der Waals surface area contributed by atoms with Crippen molar-refractivity contribution in [3.05, 3.63) is 35.4 Å². The molecule has 0 aromatic heterocycles. The fraction of sp³-hybridized carbons (Fsp3) is 0.533. The van der Waals surface area contributed by atoms with E-state index in [-0.39, 0.29) is 12.0 Å². The summed E-state index contributed by atoms with van der Waals surface area (Å²) in [5.41, 5.74) is -1.49. The van der Waals surface area contributed by atoms with Gasteiger partial charge in [0.05, 0.1) is 0 Å². The van der Waals surface area contributed by atoms with Gasteiger partial charge in [-0.25, -0.2) is 0 Å². The van der Waals surface area contributed by atoms with Crippen molar-refractivity contribution in [1.82, 2.24) is 5.32 Å². The van der Waals surface area contributed by atoms with Crippen molar-refractivity contribution < 1.29 is 22.7 Å². The van der Waals surface area contributed by atoms with E-state index in [1.807, 2.05) is 0 Å². The van der Waals surface area contributed by atoms with Gasteiger partial charge in [0.2, 0.25) is 5.91 Å². The number of aryl methyl sites for hydroxylation is 1. The number of hydrogen-bond donors (Lipinski definition) is 1. The lowest BCUT2D eigenvalue weighted by Crippen LogP contribution is -2.56. The molecular weight excluding hydrogens is 283 g/mol. The Morgan fingerprint density at radius 3 is 2.76 bits per heavy atom. The zero-order chi connectivity index (χ0) is 15.1. The minimum atomic E-state index is -4.53. The van der Waals surface area contributed by atoms with Gasteiger partial charge in [0.1, 0.15) is 6.10 Å². The predicted molar refractivity (Wildman–Crippen MR) is 69.6 cm³/mol. The molecule has 2 atom stereocenters. The van der Waals surface area contributed by atoms with Crippen LogP contribution in [0.5, 0.6) is 0 Å². The Bertz CT molecular complexity index is 552. The lowest BCUT2D eigenvalue weighted by molar-refractivity contribution is -0.203. The Morgan fingerprint density at radius 1 is 1.33 bits per heavy atom. The first-order valence-electron chi connectivity index (χ1n) is 7.03. The molecule has 1 aliphatic heterocycles. The molecule has 0 saturated carbocycles. The van der Waals surface area contributed by atoms with Crippen molar-refractivity contribution in [1.29, 1.82) is 0 Å². The zero-order valence-electron chi connectivity index (χ0n) is 11.4. The lowest BCUT2D eigenvalue weighted by atomic mass is 9.90. The Morgan fingerprint density at radius 2 is 2.10 bits per heavy atom. The number of amides is 1. The smallest absolute Gasteiger partial charge is 0.368 e. The summed E-state index contributed by atoms with van der Waals surface area (Å²) in [5, 5.41) is 2.24. The first-order valence-corrected chi connectivity index (χ1v) is 7.03. The van der Waals surface area contributed by atoms with Crippen LogP contribution >= 0.6 is 0 Å². The van der Waals surface area contributed by atoms with E-state index in [0.717, 1.165) is 0 Å². The zero-order valence-corrected chi connectivity index (χ0v) is 11.4. The van der Waals surface area contributed by atoms with Gasteiger partial charge in [-0.3, -0.25) is 4.79 Å². The van der Waals surface area contributed by atoms with Gasteiger partial charge in [-0.15, -0.1) is 0 Å². The SMILES string of the molecule is O=C(NC1(C(F)(F)F)CCc2ccccc21)[C@@H]1CCCO1. The van der Waals surface area contributed by atoms with E-state index in [4.69, 9.17) is 4.74 Å². The van der Waals surface area contributed by atoms with Crippen molar-refractivity contribution in [2.45, 2.75) is 43.5 Å². The van der Waals surface area contributed by atoms with Crippen molar-refractivity contribution in [3.8, 4) is 0 Å². The van der Waals surface area contributed by atoms with Crippen LogP contribution in [0.2, 0.25) is 0 Å². The molecule has 0 bridgehead atoms. The maximum absolute atomic E-state index is 13.7. The van der Waals surface area contributed by atoms with E-state index < -0.39 is 23.7 Å². The van der Waals surface area contributed by atoms with Crippen LogP contribution in [0.15, 0.2) is 24.3 Å². The quantitative estimate of drug-likeness (QED) is 0.912. The molecule has 6 heteroatoms. The number of carbonyl (C=O) groups excluding carboxylic acids is 1. The number of rotatable bonds is 2. The third-order valence-corrected chi connectivity index (χ3v) is 4.29. The average molecular weight is 299 g/mol. The monoisotopic (exact) mass is 299 g/mol. The molecule has 3 rings (SSSR count). The molecule has 0 radical (unpaired) electrons. The van der Waals surface area contributed by atoms with Gasteiger partial charge >= 0.3 is 6.18 Å². The van der Waals surface area contributed by atoms with Crippen molar-refractivity contribution >= 4 is 5.91 Å². The van der Waals surface area contributed by atoms with E-state index >= 15 is 0 Å². The Balaban J connectivity index is 1.94. The van der Waals surface area contributed by atoms with Gasteiger partial charge in [-0.1, -0.05) is 24.3 Å². The van der Waals surface area contributed by atoms with Crippen LogP contribution in [0, 0.1) is 0 Å². The maximum atomic E-state index is 13.7. The van der Waals surface area contributed by atoms with Gasteiger partial charge in [0.15, 0.2) is 5.54 Å². The Labute approximate surface area is 120 Å². The molecule has 1 saturated heterocycles. The molecule has 1 N–H and O–H groups in total. The maximum Gasteiger partial charge on any atom is 0.415 e. The van der Waals surface area contributed by atoms with E-state index in [9.17, 15) is 18.0 Å². The summed E-state index contributed by atoms with van der Waals surface area (Å²) in [5.74, 6) is -0.665. The predicted octanol–water partition coefficient (Wildman–Crippen LogP) is 2.69. The highest BCUT2D eigenvalue weighted by atomic mass is 19.4. The van der Waals surface area contributed by atoms with Crippen LogP contribution in [0.25, 0.3) is 0 Å². The summed E-state index contributed by atoms with van der Waals surface area (Å²) in [7, 11) is 0. The number of ether oxygens (including phenoxy) is 1. The minimum Gasteiger partial charge on any atom is -0.368 e. The van der Waals surface area contributed by atoms with E-state index in [0.29, 0.717) is 31.4 Å². The summed E-state index contributed by atoms with van der Waals surface area (Å²) >= 11 is 0. The molecule has 2 aliphatic rings. The third kappa shape index (κ3) is 2.31.